The summed E-state index contributed by atoms with van der Waals surface area (Å²) in [6.45, 7) is 3.60. The fourth-order valence-corrected chi connectivity index (χ4v) is 4.82. The van der Waals surface area contributed by atoms with Crippen LogP contribution in [0.4, 0.5) is 0 Å². The van der Waals surface area contributed by atoms with E-state index in [0.717, 1.165) is 24.1 Å². The van der Waals surface area contributed by atoms with Gasteiger partial charge in [-0.2, -0.15) is 0 Å². The molecule has 0 radical (unpaired) electrons. The maximum absolute atomic E-state index is 5.45. The van der Waals surface area contributed by atoms with Crippen LogP contribution in [0.15, 0.2) is 54.6 Å². The molecule has 0 spiro atoms. The summed E-state index contributed by atoms with van der Waals surface area (Å²) in [6.07, 6.45) is 4.09. The predicted octanol–water partition coefficient (Wildman–Crippen LogP) is 4.71. The normalized spacial score (nSPS) is 27.0. The molecule has 0 N–H and O–H groups in total. The SMILES string of the molecule is COc1cccc(C2CCC[C@H]3CN(Cc4ccccc4)CC23)c1. The maximum atomic E-state index is 5.45. The number of nitrogens with zero attached hydrogens (tertiary/aromatic N) is 1. The van der Waals surface area contributed by atoms with Crippen molar-refractivity contribution in [3.8, 4) is 5.75 Å². The standard InChI is InChI=1S/C22H27NO/c1-24-20-11-5-9-18(13-20)21-12-6-10-19-15-23(16-22(19)21)14-17-7-3-2-4-8-17/h2-5,7-9,11,13,19,21-22H,6,10,12,14-16H2,1H3/t19-,21?,22?/m0/s1. The topological polar surface area (TPSA) is 12.5 Å². The third-order valence-electron chi connectivity index (χ3n) is 5.95. The molecule has 1 heterocycles. The Labute approximate surface area is 145 Å². The number of hydrogen-bond donors (Lipinski definition) is 0. The fourth-order valence-electron chi connectivity index (χ4n) is 4.82. The Morgan fingerprint density at radius 1 is 1.00 bits per heavy atom. The molecule has 126 valence electrons. The lowest BCUT2D eigenvalue weighted by molar-refractivity contribution is 0.257. The highest BCUT2D eigenvalue weighted by Crippen LogP contribution is 2.45. The molecule has 2 aromatic carbocycles. The average Bonchev–Trinajstić information content (AvgIpc) is 3.05. The van der Waals surface area contributed by atoms with Crippen LogP contribution in [0.5, 0.6) is 5.75 Å². The molecule has 2 aromatic rings. The predicted molar refractivity (Wildman–Crippen MR) is 98.3 cm³/mol. The third kappa shape index (κ3) is 3.21. The second-order valence-electron chi connectivity index (χ2n) is 7.42. The summed E-state index contributed by atoms with van der Waals surface area (Å²) in [6, 6.07) is 19.7. The summed E-state index contributed by atoms with van der Waals surface area (Å²) in [4.78, 5) is 2.67. The first kappa shape index (κ1) is 15.7. The molecule has 1 aliphatic heterocycles. The lowest BCUT2D eigenvalue weighted by atomic mass is 9.71. The van der Waals surface area contributed by atoms with Crippen molar-refractivity contribution in [1.29, 1.82) is 0 Å². The van der Waals surface area contributed by atoms with Gasteiger partial charge in [-0.05, 0) is 53.9 Å². The van der Waals surface area contributed by atoms with E-state index >= 15 is 0 Å². The van der Waals surface area contributed by atoms with Gasteiger partial charge in [0, 0.05) is 19.6 Å². The van der Waals surface area contributed by atoms with Gasteiger partial charge in [0.15, 0.2) is 0 Å². The molecule has 0 amide bonds. The van der Waals surface area contributed by atoms with Gasteiger partial charge in [0.1, 0.15) is 5.75 Å². The van der Waals surface area contributed by atoms with Crippen LogP contribution >= 0.6 is 0 Å². The van der Waals surface area contributed by atoms with Crippen molar-refractivity contribution in [3.63, 3.8) is 0 Å². The number of fused-ring (bicyclic) bond motifs is 1. The fraction of sp³-hybridized carbons (Fsp3) is 0.455. The van der Waals surface area contributed by atoms with Gasteiger partial charge < -0.3 is 4.74 Å². The van der Waals surface area contributed by atoms with E-state index in [-0.39, 0.29) is 0 Å². The van der Waals surface area contributed by atoms with E-state index < -0.39 is 0 Å². The van der Waals surface area contributed by atoms with Crippen LogP contribution in [0.1, 0.15) is 36.3 Å². The minimum Gasteiger partial charge on any atom is -0.497 e. The summed E-state index contributed by atoms with van der Waals surface area (Å²) in [5, 5.41) is 0. The Morgan fingerprint density at radius 2 is 1.88 bits per heavy atom. The molecule has 1 aliphatic carbocycles. The molecule has 1 saturated heterocycles. The highest BCUT2D eigenvalue weighted by Gasteiger charge is 2.40. The smallest absolute Gasteiger partial charge is 0.119 e. The zero-order chi connectivity index (χ0) is 16.4. The number of methoxy groups -OCH3 is 1. The van der Waals surface area contributed by atoms with Crippen LogP contribution in [0, 0.1) is 11.8 Å². The molecule has 2 aliphatic rings. The summed E-state index contributed by atoms with van der Waals surface area (Å²) in [7, 11) is 1.76. The summed E-state index contributed by atoms with van der Waals surface area (Å²) >= 11 is 0. The van der Waals surface area contributed by atoms with Gasteiger partial charge in [-0.1, -0.05) is 48.9 Å². The van der Waals surface area contributed by atoms with Crippen LogP contribution in [-0.2, 0) is 6.54 Å². The van der Waals surface area contributed by atoms with Gasteiger partial charge in [0.05, 0.1) is 7.11 Å². The van der Waals surface area contributed by atoms with Crippen molar-refractivity contribution >= 4 is 0 Å². The largest absolute Gasteiger partial charge is 0.497 e. The zero-order valence-electron chi connectivity index (χ0n) is 14.5. The van der Waals surface area contributed by atoms with Crippen LogP contribution in [0.3, 0.4) is 0 Å². The van der Waals surface area contributed by atoms with Gasteiger partial charge >= 0.3 is 0 Å². The molecular weight excluding hydrogens is 294 g/mol. The maximum Gasteiger partial charge on any atom is 0.119 e. The second-order valence-corrected chi connectivity index (χ2v) is 7.42. The van der Waals surface area contributed by atoms with Crippen LogP contribution in [-0.4, -0.2) is 25.1 Å². The molecule has 3 atom stereocenters. The van der Waals surface area contributed by atoms with Crippen molar-refractivity contribution in [2.24, 2.45) is 11.8 Å². The average molecular weight is 321 g/mol. The van der Waals surface area contributed by atoms with Gasteiger partial charge in [-0.3, -0.25) is 4.90 Å². The quantitative estimate of drug-likeness (QED) is 0.808. The van der Waals surface area contributed by atoms with E-state index in [1.807, 2.05) is 0 Å². The van der Waals surface area contributed by atoms with Crippen molar-refractivity contribution in [2.75, 3.05) is 20.2 Å². The Balaban J connectivity index is 1.50. The van der Waals surface area contributed by atoms with E-state index in [4.69, 9.17) is 4.74 Å². The van der Waals surface area contributed by atoms with Gasteiger partial charge in [-0.15, -0.1) is 0 Å². The lowest BCUT2D eigenvalue weighted by Gasteiger charge is -2.33. The van der Waals surface area contributed by atoms with Crippen LogP contribution in [0.25, 0.3) is 0 Å². The Hall–Kier alpha value is -1.80. The zero-order valence-corrected chi connectivity index (χ0v) is 14.5. The first-order valence-corrected chi connectivity index (χ1v) is 9.23. The first-order valence-electron chi connectivity index (χ1n) is 9.23. The highest BCUT2D eigenvalue weighted by molar-refractivity contribution is 5.32. The molecule has 2 unspecified atom stereocenters. The van der Waals surface area contributed by atoms with E-state index in [2.05, 4.69) is 59.5 Å². The number of likely N-dealkylation sites (tertiary alicyclic amines) is 1. The van der Waals surface area contributed by atoms with Crippen molar-refractivity contribution in [1.82, 2.24) is 4.90 Å². The first-order chi connectivity index (χ1) is 11.8. The van der Waals surface area contributed by atoms with E-state index in [1.165, 1.54) is 43.5 Å². The molecule has 1 saturated carbocycles. The second kappa shape index (κ2) is 6.98. The van der Waals surface area contributed by atoms with Gasteiger partial charge in [-0.25, -0.2) is 0 Å². The molecule has 24 heavy (non-hydrogen) atoms. The van der Waals surface area contributed by atoms with Crippen molar-refractivity contribution < 1.29 is 4.74 Å². The van der Waals surface area contributed by atoms with Crippen molar-refractivity contribution in [2.45, 2.75) is 31.7 Å². The highest BCUT2D eigenvalue weighted by atomic mass is 16.5. The number of ether oxygens (including phenoxy) is 1. The minimum atomic E-state index is 0.694. The van der Waals surface area contributed by atoms with Crippen molar-refractivity contribution in [3.05, 3.63) is 65.7 Å². The van der Waals surface area contributed by atoms with Crippen LogP contribution in [0.2, 0.25) is 0 Å². The Morgan fingerprint density at radius 3 is 2.71 bits per heavy atom. The van der Waals surface area contributed by atoms with Gasteiger partial charge in [0.2, 0.25) is 0 Å². The number of benzene rings is 2. The molecule has 2 fully saturated rings. The lowest BCUT2D eigenvalue weighted by Crippen LogP contribution is -2.25. The Kier molecular flexibility index (Phi) is 4.57. The monoisotopic (exact) mass is 321 g/mol. The van der Waals surface area contributed by atoms with Gasteiger partial charge in [0.25, 0.3) is 0 Å². The number of rotatable bonds is 4. The summed E-state index contributed by atoms with van der Waals surface area (Å²) in [5.74, 6) is 3.35. The van der Waals surface area contributed by atoms with E-state index in [1.54, 1.807) is 7.11 Å². The molecule has 2 nitrogen and oxygen atoms in total. The third-order valence-corrected chi connectivity index (χ3v) is 5.95. The minimum absolute atomic E-state index is 0.694. The van der Waals surface area contributed by atoms with E-state index in [0.29, 0.717) is 5.92 Å². The van der Waals surface area contributed by atoms with E-state index in [9.17, 15) is 0 Å². The van der Waals surface area contributed by atoms with Crippen LogP contribution < -0.4 is 4.74 Å². The molecule has 0 bridgehead atoms. The summed E-state index contributed by atoms with van der Waals surface area (Å²) < 4.78 is 5.45. The number of hydrogen-bond acceptors (Lipinski definition) is 2. The molecular formula is C22H27NO. The molecule has 0 aromatic heterocycles. The Bertz CT molecular complexity index is 669. The molecule has 4 rings (SSSR count). The summed E-state index contributed by atoms with van der Waals surface area (Å²) in [5.41, 5.74) is 2.92. The molecule has 2 heteroatoms.